The van der Waals surface area contributed by atoms with Gasteiger partial charge in [0.05, 0.1) is 6.54 Å². The van der Waals surface area contributed by atoms with E-state index in [1.54, 1.807) is 0 Å². The van der Waals surface area contributed by atoms with Gasteiger partial charge in [0.2, 0.25) is 5.28 Å². The van der Waals surface area contributed by atoms with Crippen LogP contribution in [0, 0.1) is 0 Å². The highest BCUT2D eigenvalue weighted by Crippen LogP contribution is 2.06. The van der Waals surface area contributed by atoms with Crippen molar-refractivity contribution in [1.82, 2.24) is 14.5 Å². The Kier molecular flexibility index (Phi) is 4.22. The normalized spacial score (nSPS) is 13.5. The maximum atomic E-state index is 8.94. The predicted octanol–water partition coefficient (Wildman–Crippen LogP) is 0.598. The van der Waals surface area contributed by atoms with E-state index in [4.69, 9.17) is 16.7 Å². The minimum atomic E-state index is 0.182. The first kappa shape index (κ1) is 14.1. The number of nitrogens with zero attached hydrogens (tertiary/aromatic N) is 4. The number of hydrogen-bond acceptors (Lipinski definition) is 4. The molecule has 0 radical (unpaired) electrons. The van der Waals surface area contributed by atoms with E-state index < -0.39 is 0 Å². The average molecular weight is 305 g/mol. The summed E-state index contributed by atoms with van der Waals surface area (Å²) in [6.45, 7) is 2.18. The van der Waals surface area contributed by atoms with Crippen LogP contribution in [0.2, 0.25) is 5.28 Å². The molecule has 0 aliphatic carbocycles. The number of halogens is 1. The number of aliphatic hydroxyl groups excluding tert-OH is 1. The number of hydrogen-bond donors (Lipinski definition) is 1. The van der Waals surface area contributed by atoms with E-state index in [0.29, 0.717) is 24.0 Å². The summed E-state index contributed by atoms with van der Waals surface area (Å²) in [5, 5.41) is 10.3. The van der Waals surface area contributed by atoms with Crippen LogP contribution >= 0.6 is 11.6 Å². The minimum absolute atomic E-state index is 0.182. The fourth-order valence-corrected chi connectivity index (χ4v) is 2.60. The average Bonchev–Trinajstić information content (AvgIpc) is 2.82. The molecule has 3 rings (SSSR count). The third kappa shape index (κ3) is 3.09. The van der Waals surface area contributed by atoms with Gasteiger partial charge in [0, 0.05) is 19.4 Å². The van der Waals surface area contributed by atoms with E-state index in [2.05, 4.69) is 27.0 Å². The Morgan fingerprint density at radius 1 is 1.24 bits per heavy atom. The lowest BCUT2D eigenvalue weighted by molar-refractivity contribution is 0.265. The van der Waals surface area contributed by atoms with Gasteiger partial charge in [0.1, 0.15) is 12.0 Å². The van der Waals surface area contributed by atoms with Crippen molar-refractivity contribution in [2.24, 2.45) is 4.99 Å². The Morgan fingerprint density at radius 2 is 2.05 bits per heavy atom. The van der Waals surface area contributed by atoms with Gasteiger partial charge in [0.25, 0.3) is 0 Å². The molecule has 1 aliphatic rings. The lowest BCUT2D eigenvalue weighted by Crippen LogP contribution is -2.39. The van der Waals surface area contributed by atoms with Crippen molar-refractivity contribution in [3.05, 3.63) is 52.0 Å². The van der Waals surface area contributed by atoms with Crippen molar-refractivity contribution < 1.29 is 5.11 Å². The summed E-state index contributed by atoms with van der Waals surface area (Å²) in [6.07, 6.45) is 2.75. The summed E-state index contributed by atoms with van der Waals surface area (Å²) < 4.78 is 1.96. The molecule has 6 heteroatoms. The van der Waals surface area contributed by atoms with Gasteiger partial charge < -0.3 is 14.6 Å². The predicted molar refractivity (Wildman–Crippen MR) is 81.3 cm³/mol. The molecule has 21 heavy (non-hydrogen) atoms. The highest BCUT2D eigenvalue weighted by atomic mass is 35.5. The zero-order valence-electron chi connectivity index (χ0n) is 11.6. The summed E-state index contributed by atoms with van der Waals surface area (Å²) in [7, 11) is 0. The highest BCUT2D eigenvalue weighted by Gasteiger charge is 2.12. The van der Waals surface area contributed by atoms with Gasteiger partial charge in [-0.2, -0.15) is 4.98 Å². The third-order valence-corrected chi connectivity index (χ3v) is 3.72. The van der Waals surface area contributed by atoms with Gasteiger partial charge in [-0.1, -0.05) is 30.3 Å². The van der Waals surface area contributed by atoms with Gasteiger partial charge in [-0.25, -0.2) is 4.99 Å². The molecule has 0 unspecified atom stereocenters. The standard InChI is InChI=1S/C15H17ClN4O/c16-15-18-14-13(10-19(11-17-14)7-4-8-21)20(15)9-12-5-2-1-3-6-12/h1-3,5-6,10,21H,4,7-9,11H2. The molecule has 110 valence electrons. The fraction of sp³-hybridized carbons (Fsp3) is 0.333. The van der Waals surface area contributed by atoms with E-state index in [0.717, 1.165) is 18.3 Å². The topological polar surface area (TPSA) is 53.6 Å². The first-order valence-corrected chi connectivity index (χ1v) is 7.33. The monoisotopic (exact) mass is 304 g/mol. The van der Waals surface area contributed by atoms with Crippen molar-refractivity contribution in [2.45, 2.75) is 13.0 Å². The molecule has 0 saturated carbocycles. The molecule has 1 aromatic carbocycles. The first-order valence-electron chi connectivity index (χ1n) is 6.95. The Morgan fingerprint density at radius 3 is 2.81 bits per heavy atom. The minimum Gasteiger partial charge on any atom is -0.396 e. The van der Waals surface area contributed by atoms with Crippen LogP contribution in [-0.2, 0) is 6.54 Å². The van der Waals surface area contributed by atoms with E-state index in [1.165, 1.54) is 5.56 Å². The lowest BCUT2D eigenvalue weighted by Gasteiger charge is -2.19. The molecule has 1 aromatic heterocycles. The van der Waals surface area contributed by atoms with Crippen LogP contribution in [0.25, 0.3) is 6.20 Å². The number of fused-ring (bicyclic) bond motifs is 1. The number of rotatable bonds is 5. The van der Waals surface area contributed by atoms with E-state index in [1.807, 2.05) is 29.0 Å². The largest absolute Gasteiger partial charge is 0.396 e. The fourth-order valence-electron chi connectivity index (χ4n) is 2.37. The number of imidazole rings is 1. The van der Waals surface area contributed by atoms with Crippen LogP contribution in [0.5, 0.6) is 0 Å². The van der Waals surface area contributed by atoms with Crippen LogP contribution in [0.4, 0.5) is 0 Å². The molecule has 5 nitrogen and oxygen atoms in total. The van der Waals surface area contributed by atoms with Crippen LogP contribution in [-0.4, -0.2) is 39.4 Å². The van der Waals surface area contributed by atoms with Gasteiger partial charge in [-0.05, 0) is 23.6 Å². The van der Waals surface area contributed by atoms with Gasteiger partial charge in [-0.3, -0.25) is 0 Å². The molecule has 0 bridgehead atoms. The number of aliphatic hydroxyl groups is 1. The van der Waals surface area contributed by atoms with E-state index in [-0.39, 0.29) is 6.61 Å². The zero-order chi connectivity index (χ0) is 14.7. The van der Waals surface area contributed by atoms with Crippen molar-refractivity contribution in [1.29, 1.82) is 0 Å². The first-order chi connectivity index (χ1) is 10.3. The quantitative estimate of drug-likeness (QED) is 0.880. The Bertz CT molecular complexity index is 726. The zero-order valence-corrected chi connectivity index (χ0v) is 12.4. The molecular weight excluding hydrogens is 288 g/mol. The van der Waals surface area contributed by atoms with Crippen molar-refractivity contribution in [3.63, 3.8) is 0 Å². The summed E-state index contributed by atoms with van der Waals surface area (Å²) in [6, 6.07) is 10.1. The summed E-state index contributed by atoms with van der Waals surface area (Å²) in [5.74, 6) is 0. The second-order valence-corrected chi connectivity index (χ2v) is 5.32. The highest BCUT2D eigenvalue weighted by molar-refractivity contribution is 6.28. The van der Waals surface area contributed by atoms with Gasteiger partial charge >= 0.3 is 0 Å². The van der Waals surface area contributed by atoms with Crippen molar-refractivity contribution >= 4 is 17.8 Å². The summed E-state index contributed by atoms with van der Waals surface area (Å²) >= 11 is 6.25. The molecule has 2 aromatic rings. The van der Waals surface area contributed by atoms with E-state index >= 15 is 0 Å². The van der Waals surface area contributed by atoms with Crippen molar-refractivity contribution in [3.8, 4) is 0 Å². The Hall–Kier alpha value is -1.85. The molecule has 0 spiro atoms. The number of benzene rings is 1. The Balaban J connectivity index is 1.94. The van der Waals surface area contributed by atoms with Crippen LogP contribution in [0.3, 0.4) is 0 Å². The molecule has 0 fully saturated rings. The number of aromatic nitrogens is 2. The second kappa shape index (κ2) is 6.28. The molecule has 0 saturated heterocycles. The molecule has 0 atom stereocenters. The molecule has 1 aliphatic heterocycles. The molecule has 0 amide bonds. The van der Waals surface area contributed by atoms with E-state index in [9.17, 15) is 0 Å². The maximum absolute atomic E-state index is 8.94. The SMILES string of the molecule is OCCCN1C=c2c(nc(Cl)n2Cc2ccccc2)=NC1. The third-order valence-electron chi connectivity index (χ3n) is 3.43. The van der Waals surface area contributed by atoms with Crippen LogP contribution < -0.4 is 10.8 Å². The van der Waals surface area contributed by atoms with Crippen LogP contribution in [0.15, 0.2) is 35.3 Å². The van der Waals surface area contributed by atoms with Crippen LogP contribution in [0.1, 0.15) is 12.0 Å². The molecule has 1 N–H and O–H groups in total. The van der Waals surface area contributed by atoms with Gasteiger partial charge in [-0.15, -0.1) is 0 Å². The lowest BCUT2D eigenvalue weighted by atomic mass is 10.2. The summed E-state index contributed by atoms with van der Waals surface area (Å²) in [4.78, 5) is 10.8. The second-order valence-electron chi connectivity index (χ2n) is 4.98. The van der Waals surface area contributed by atoms with Gasteiger partial charge in [0.15, 0.2) is 5.49 Å². The molecule has 2 heterocycles. The Labute approximate surface area is 127 Å². The maximum Gasteiger partial charge on any atom is 0.205 e. The molecular formula is C15H17ClN4O. The smallest absolute Gasteiger partial charge is 0.205 e. The van der Waals surface area contributed by atoms with Crippen molar-refractivity contribution in [2.75, 3.05) is 19.8 Å². The summed E-state index contributed by atoms with van der Waals surface area (Å²) in [5.41, 5.74) is 1.86.